The normalized spacial score (nSPS) is 17.5. The van der Waals surface area contributed by atoms with Crippen molar-refractivity contribution in [3.8, 4) is 0 Å². The summed E-state index contributed by atoms with van der Waals surface area (Å²) in [6, 6.07) is 6.06. The lowest BCUT2D eigenvalue weighted by Crippen LogP contribution is -2.36. The number of aromatic nitrogens is 1. The summed E-state index contributed by atoms with van der Waals surface area (Å²) in [5, 5.41) is 1.13. The highest BCUT2D eigenvalue weighted by Gasteiger charge is 2.09. The molecule has 0 spiro atoms. The van der Waals surface area contributed by atoms with Gasteiger partial charge in [-0.1, -0.05) is 6.07 Å². The Labute approximate surface area is 101 Å². The second-order valence-corrected chi connectivity index (χ2v) is 4.94. The maximum Gasteiger partial charge on any atom is 0.0959 e. The number of hydrogen-bond donors (Lipinski definition) is 0. The molecule has 1 aromatic heterocycles. The maximum absolute atomic E-state index is 5.32. The standard InChI is InChI=1S/C12H18N2OS/c1-2-5-13-12(4-1)16-11-3-6-14-7-9-15-10-8-14/h1-2,4-5H,3,6-11H2. The second kappa shape index (κ2) is 6.89. The number of thioether (sulfide) groups is 1. The fourth-order valence-electron chi connectivity index (χ4n) is 1.72. The molecule has 1 aliphatic rings. The van der Waals surface area contributed by atoms with Crippen LogP contribution in [0.2, 0.25) is 0 Å². The first-order chi connectivity index (χ1) is 7.95. The number of ether oxygens (including phenoxy) is 1. The molecule has 0 bridgehead atoms. The van der Waals surface area contributed by atoms with Gasteiger partial charge in [-0.25, -0.2) is 4.98 Å². The van der Waals surface area contributed by atoms with Gasteiger partial charge in [0.15, 0.2) is 0 Å². The fourth-order valence-corrected chi connectivity index (χ4v) is 2.51. The Morgan fingerprint density at radius 1 is 1.31 bits per heavy atom. The third kappa shape index (κ3) is 4.12. The molecule has 2 rings (SSSR count). The van der Waals surface area contributed by atoms with Crippen molar-refractivity contribution < 1.29 is 4.74 Å². The lowest BCUT2D eigenvalue weighted by Gasteiger charge is -2.26. The molecule has 0 aromatic carbocycles. The molecule has 0 radical (unpaired) electrons. The third-order valence-corrected chi connectivity index (χ3v) is 3.64. The van der Waals surface area contributed by atoms with Crippen LogP contribution < -0.4 is 0 Å². The molecule has 1 aromatic rings. The van der Waals surface area contributed by atoms with Crippen LogP contribution >= 0.6 is 11.8 Å². The summed E-state index contributed by atoms with van der Waals surface area (Å²) < 4.78 is 5.32. The van der Waals surface area contributed by atoms with Crippen LogP contribution in [0.5, 0.6) is 0 Å². The van der Waals surface area contributed by atoms with Crippen LogP contribution in [-0.2, 0) is 4.74 Å². The van der Waals surface area contributed by atoms with Gasteiger partial charge in [0.05, 0.1) is 18.2 Å². The van der Waals surface area contributed by atoms with E-state index in [9.17, 15) is 0 Å². The zero-order valence-corrected chi connectivity index (χ0v) is 10.3. The summed E-state index contributed by atoms with van der Waals surface area (Å²) in [6.07, 6.45) is 3.07. The van der Waals surface area contributed by atoms with E-state index in [-0.39, 0.29) is 0 Å². The van der Waals surface area contributed by atoms with Crippen LogP contribution in [0.1, 0.15) is 6.42 Å². The Balaban J connectivity index is 1.58. The molecule has 4 heteroatoms. The van der Waals surface area contributed by atoms with Gasteiger partial charge in [0, 0.05) is 25.0 Å². The zero-order chi connectivity index (χ0) is 11.1. The van der Waals surface area contributed by atoms with Gasteiger partial charge < -0.3 is 4.74 Å². The molecule has 0 aliphatic carbocycles. The van der Waals surface area contributed by atoms with Gasteiger partial charge >= 0.3 is 0 Å². The summed E-state index contributed by atoms with van der Waals surface area (Å²) in [6.45, 7) is 5.16. The molecule has 0 unspecified atom stereocenters. The van der Waals surface area contributed by atoms with Gasteiger partial charge in [0.25, 0.3) is 0 Å². The molecule has 16 heavy (non-hydrogen) atoms. The number of pyridine rings is 1. The molecule has 1 fully saturated rings. The van der Waals surface area contributed by atoms with Crippen molar-refractivity contribution >= 4 is 11.8 Å². The highest BCUT2D eigenvalue weighted by Crippen LogP contribution is 2.15. The first-order valence-corrected chi connectivity index (χ1v) is 6.77. The minimum absolute atomic E-state index is 0.896. The average molecular weight is 238 g/mol. The van der Waals surface area contributed by atoms with Gasteiger partial charge in [-0.2, -0.15) is 0 Å². The van der Waals surface area contributed by atoms with Gasteiger partial charge in [-0.15, -0.1) is 11.8 Å². The maximum atomic E-state index is 5.32. The van der Waals surface area contributed by atoms with Gasteiger partial charge in [0.2, 0.25) is 0 Å². The van der Waals surface area contributed by atoms with Gasteiger partial charge in [0.1, 0.15) is 0 Å². The van der Waals surface area contributed by atoms with Crippen molar-refractivity contribution in [3.05, 3.63) is 24.4 Å². The van der Waals surface area contributed by atoms with E-state index in [1.807, 2.05) is 30.1 Å². The topological polar surface area (TPSA) is 25.4 Å². The largest absolute Gasteiger partial charge is 0.379 e. The van der Waals surface area contributed by atoms with Crippen molar-refractivity contribution in [1.29, 1.82) is 0 Å². The van der Waals surface area contributed by atoms with E-state index in [2.05, 4.69) is 16.0 Å². The fraction of sp³-hybridized carbons (Fsp3) is 0.583. The first kappa shape index (κ1) is 11.9. The van der Waals surface area contributed by atoms with Crippen LogP contribution in [0.15, 0.2) is 29.4 Å². The van der Waals surface area contributed by atoms with Crippen LogP contribution in [0.25, 0.3) is 0 Å². The predicted octanol–water partition coefficient (Wildman–Crippen LogP) is 1.90. The van der Waals surface area contributed by atoms with Gasteiger partial charge in [-0.3, -0.25) is 4.90 Å². The number of morpholine rings is 1. The Morgan fingerprint density at radius 3 is 2.94 bits per heavy atom. The first-order valence-electron chi connectivity index (χ1n) is 5.79. The van der Waals surface area contributed by atoms with Crippen molar-refractivity contribution in [3.63, 3.8) is 0 Å². The number of hydrogen-bond acceptors (Lipinski definition) is 4. The number of nitrogens with zero attached hydrogens (tertiary/aromatic N) is 2. The van der Waals surface area contributed by atoms with Crippen LogP contribution in [0.4, 0.5) is 0 Å². The van der Waals surface area contributed by atoms with E-state index in [4.69, 9.17) is 4.74 Å². The highest BCUT2D eigenvalue weighted by molar-refractivity contribution is 7.99. The molecule has 0 saturated carbocycles. The predicted molar refractivity (Wildman–Crippen MR) is 66.8 cm³/mol. The monoisotopic (exact) mass is 238 g/mol. The number of rotatable bonds is 5. The van der Waals surface area contributed by atoms with E-state index < -0.39 is 0 Å². The lowest BCUT2D eigenvalue weighted by atomic mass is 10.4. The van der Waals surface area contributed by atoms with Crippen LogP contribution in [0.3, 0.4) is 0 Å². The minimum Gasteiger partial charge on any atom is -0.379 e. The summed E-state index contributed by atoms with van der Waals surface area (Å²) in [5.41, 5.74) is 0. The molecule has 3 nitrogen and oxygen atoms in total. The van der Waals surface area contributed by atoms with E-state index >= 15 is 0 Å². The van der Waals surface area contributed by atoms with Crippen molar-refractivity contribution in [1.82, 2.24) is 9.88 Å². The molecule has 1 saturated heterocycles. The summed E-state index contributed by atoms with van der Waals surface area (Å²) in [5.74, 6) is 1.15. The van der Waals surface area contributed by atoms with E-state index in [0.717, 1.165) is 37.1 Å². The van der Waals surface area contributed by atoms with Crippen LogP contribution in [0, 0.1) is 0 Å². The highest BCUT2D eigenvalue weighted by atomic mass is 32.2. The smallest absolute Gasteiger partial charge is 0.0959 e. The summed E-state index contributed by atoms with van der Waals surface area (Å²) >= 11 is 1.84. The molecule has 0 N–H and O–H groups in total. The Hall–Kier alpha value is -0.580. The van der Waals surface area contributed by atoms with E-state index in [1.54, 1.807) is 0 Å². The molecule has 88 valence electrons. The van der Waals surface area contributed by atoms with E-state index in [1.165, 1.54) is 13.0 Å². The second-order valence-electron chi connectivity index (χ2n) is 3.82. The third-order valence-electron chi connectivity index (χ3n) is 2.61. The molecular weight excluding hydrogens is 220 g/mol. The Morgan fingerprint density at radius 2 is 2.19 bits per heavy atom. The quantitative estimate of drug-likeness (QED) is 0.578. The Kier molecular flexibility index (Phi) is 5.12. The minimum atomic E-state index is 0.896. The summed E-state index contributed by atoms with van der Waals surface area (Å²) in [7, 11) is 0. The van der Waals surface area contributed by atoms with Crippen molar-refractivity contribution in [2.75, 3.05) is 38.6 Å². The lowest BCUT2D eigenvalue weighted by molar-refractivity contribution is 0.0381. The van der Waals surface area contributed by atoms with Crippen LogP contribution in [-0.4, -0.2) is 48.5 Å². The molecule has 1 aliphatic heterocycles. The zero-order valence-electron chi connectivity index (χ0n) is 9.47. The SMILES string of the molecule is c1ccc(SCCCN2CCOCC2)nc1. The Bertz CT molecular complexity index is 288. The summed E-state index contributed by atoms with van der Waals surface area (Å²) in [4.78, 5) is 6.77. The average Bonchev–Trinajstić information content (AvgIpc) is 2.37. The van der Waals surface area contributed by atoms with Crippen molar-refractivity contribution in [2.45, 2.75) is 11.4 Å². The van der Waals surface area contributed by atoms with Crippen molar-refractivity contribution in [2.24, 2.45) is 0 Å². The molecule has 0 amide bonds. The molecule has 0 atom stereocenters. The van der Waals surface area contributed by atoms with E-state index in [0.29, 0.717) is 0 Å². The molecular formula is C12H18N2OS. The van der Waals surface area contributed by atoms with Gasteiger partial charge in [-0.05, 0) is 25.1 Å². The molecule has 2 heterocycles.